The number of hydrogen-bond donors (Lipinski definition) is 2. The number of nitrogens with one attached hydrogen (secondary N) is 1. The van der Waals surface area contributed by atoms with Crippen molar-refractivity contribution in [3.05, 3.63) is 6.42 Å². The van der Waals surface area contributed by atoms with E-state index in [1.54, 1.807) is 13.8 Å². The zero-order valence-corrected chi connectivity index (χ0v) is 10.1. The summed E-state index contributed by atoms with van der Waals surface area (Å²) in [7, 11) is 0. The van der Waals surface area contributed by atoms with E-state index in [2.05, 4.69) is 5.32 Å². The molecule has 1 radical (unpaired) electrons. The lowest BCUT2D eigenvalue weighted by atomic mass is 9.87. The van der Waals surface area contributed by atoms with Crippen LogP contribution in [0.5, 0.6) is 0 Å². The average molecular weight is 225 g/mol. The molecule has 1 rings (SSSR count). The van der Waals surface area contributed by atoms with E-state index in [0.717, 1.165) is 12.8 Å². The summed E-state index contributed by atoms with van der Waals surface area (Å²) in [4.78, 5) is 22.7. The van der Waals surface area contributed by atoms with Gasteiger partial charge in [0.15, 0.2) is 0 Å². The highest BCUT2D eigenvalue weighted by atomic mass is 16.2. The summed E-state index contributed by atoms with van der Waals surface area (Å²) in [5, 5.41) is 2.93. The van der Waals surface area contributed by atoms with Crippen molar-refractivity contribution in [3.63, 3.8) is 0 Å². The van der Waals surface area contributed by atoms with Gasteiger partial charge in [-0.25, -0.2) is 0 Å². The number of rotatable bonds is 4. The molecule has 0 heterocycles. The summed E-state index contributed by atoms with van der Waals surface area (Å²) in [5.41, 5.74) is 4.33. The minimum Gasteiger partial charge on any atom is -0.369 e. The molecule has 0 saturated heterocycles. The van der Waals surface area contributed by atoms with Gasteiger partial charge in [-0.1, -0.05) is 33.1 Å². The number of hydrogen-bond acceptors (Lipinski definition) is 2. The predicted molar refractivity (Wildman–Crippen MR) is 62.3 cm³/mol. The summed E-state index contributed by atoms with van der Waals surface area (Å²) < 4.78 is 0. The lowest BCUT2D eigenvalue weighted by Gasteiger charge is -2.25. The standard InChI is InChI=1S/C12H21N2O2/c1-12(2,11(13)16)8-10(15)14-9-6-4-3-5-7-9/h8-9H,3-7H2,1-2H3,(H2,13,16)(H,14,15). The van der Waals surface area contributed by atoms with Crippen molar-refractivity contribution in [1.82, 2.24) is 5.32 Å². The van der Waals surface area contributed by atoms with Gasteiger partial charge >= 0.3 is 0 Å². The quantitative estimate of drug-likeness (QED) is 0.753. The molecule has 1 saturated carbocycles. The normalized spacial score (nSPS) is 18.1. The fraction of sp³-hybridized carbons (Fsp3) is 0.750. The van der Waals surface area contributed by atoms with Crippen molar-refractivity contribution in [2.45, 2.75) is 52.0 Å². The second kappa shape index (κ2) is 5.32. The third kappa shape index (κ3) is 3.83. The maximum atomic E-state index is 11.7. The Labute approximate surface area is 97.0 Å². The molecule has 4 nitrogen and oxygen atoms in total. The molecule has 0 aromatic carbocycles. The van der Waals surface area contributed by atoms with E-state index < -0.39 is 11.3 Å². The molecule has 91 valence electrons. The molecule has 0 bridgehead atoms. The van der Waals surface area contributed by atoms with Gasteiger partial charge in [0.1, 0.15) is 0 Å². The van der Waals surface area contributed by atoms with E-state index >= 15 is 0 Å². The van der Waals surface area contributed by atoms with Crippen molar-refractivity contribution < 1.29 is 9.59 Å². The van der Waals surface area contributed by atoms with Crippen LogP contribution < -0.4 is 11.1 Å². The predicted octanol–water partition coefficient (Wildman–Crippen LogP) is 1.15. The topological polar surface area (TPSA) is 72.2 Å². The molecule has 2 amide bonds. The minimum atomic E-state index is -0.876. The van der Waals surface area contributed by atoms with E-state index in [-0.39, 0.29) is 11.9 Å². The summed E-state index contributed by atoms with van der Waals surface area (Å²) >= 11 is 0. The molecule has 3 N–H and O–H groups in total. The Hall–Kier alpha value is -1.06. The van der Waals surface area contributed by atoms with Gasteiger partial charge in [0.05, 0.1) is 11.8 Å². The summed E-state index contributed by atoms with van der Waals surface area (Å²) in [5.74, 6) is -0.665. The lowest BCUT2D eigenvalue weighted by Crippen LogP contribution is -2.42. The summed E-state index contributed by atoms with van der Waals surface area (Å²) in [6.45, 7) is 3.30. The van der Waals surface area contributed by atoms with Gasteiger partial charge in [-0.3, -0.25) is 9.59 Å². The first-order valence-corrected chi connectivity index (χ1v) is 5.88. The first-order valence-electron chi connectivity index (χ1n) is 5.88. The molecule has 4 heteroatoms. The Morgan fingerprint density at radius 2 is 1.81 bits per heavy atom. The van der Waals surface area contributed by atoms with Crippen LogP contribution in [0.3, 0.4) is 0 Å². The van der Waals surface area contributed by atoms with Crippen LogP contribution in [0, 0.1) is 11.8 Å². The van der Waals surface area contributed by atoms with E-state index in [0.29, 0.717) is 0 Å². The highest BCUT2D eigenvalue weighted by Crippen LogP contribution is 2.20. The first kappa shape index (κ1) is 13.0. The number of primary amides is 1. The molecule has 0 spiro atoms. The zero-order chi connectivity index (χ0) is 12.2. The smallest absolute Gasteiger partial charge is 0.225 e. The zero-order valence-electron chi connectivity index (χ0n) is 10.1. The van der Waals surface area contributed by atoms with E-state index in [1.165, 1.54) is 25.7 Å². The molecule has 0 atom stereocenters. The monoisotopic (exact) mass is 225 g/mol. The number of nitrogens with two attached hydrogens (primary N) is 1. The average Bonchev–Trinajstić information content (AvgIpc) is 2.17. The maximum absolute atomic E-state index is 11.7. The molecule has 1 aliphatic carbocycles. The number of carbonyl (C=O) groups excluding carboxylic acids is 2. The molecule has 0 aliphatic heterocycles. The molecular weight excluding hydrogens is 204 g/mol. The van der Waals surface area contributed by atoms with Crippen LogP contribution in [0.1, 0.15) is 46.0 Å². The van der Waals surface area contributed by atoms with Gasteiger partial charge in [-0.15, -0.1) is 0 Å². The fourth-order valence-corrected chi connectivity index (χ4v) is 1.89. The van der Waals surface area contributed by atoms with Crippen LogP contribution in [0.2, 0.25) is 0 Å². The van der Waals surface area contributed by atoms with E-state index in [1.807, 2.05) is 0 Å². The number of amides is 2. The highest BCUT2D eigenvalue weighted by molar-refractivity contribution is 5.94. The van der Waals surface area contributed by atoms with Gasteiger partial charge < -0.3 is 11.1 Å². The SMILES string of the molecule is CC(C)([CH]C(=O)NC1CCCCC1)C(N)=O. The Balaban J connectivity index is 2.37. The van der Waals surface area contributed by atoms with Gasteiger partial charge in [-0.2, -0.15) is 0 Å². The van der Waals surface area contributed by atoms with Crippen LogP contribution in [-0.4, -0.2) is 17.9 Å². The Morgan fingerprint density at radius 1 is 1.25 bits per heavy atom. The third-order valence-electron chi connectivity index (χ3n) is 3.08. The maximum Gasteiger partial charge on any atom is 0.225 e. The molecule has 1 fully saturated rings. The summed E-state index contributed by atoms with van der Waals surface area (Å²) in [6.07, 6.45) is 7.05. The van der Waals surface area contributed by atoms with Gasteiger partial charge in [-0.05, 0) is 12.8 Å². The molecule has 16 heavy (non-hydrogen) atoms. The largest absolute Gasteiger partial charge is 0.369 e. The molecular formula is C12H21N2O2. The molecule has 0 aromatic heterocycles. The van der Waals surface area contributed by atoms with E-state index in [9.17, 15) is 9.59 Å². The Morgan fingerprint density at radius 3 is 2.31 bits per heavy atom. The van der Waals surface area contributed by atoms with Gasteiger partial charge in [0.25, 0.3) is 0 Å². The second-order valence-corrected chi connectivity index (χ2v) is 5.07. The molecule has 0 unspecified atom stereocenters. The lowest BCUT2D eigenvalue weighted by molar-refractivity contribution is -0.128. The first-order chi connectivity index (χ1) is 7.42. The van der Waals surface area contributed by atoms with Crippen LogP contribution in [0.4, 0.5) is 0 Å². The van der Waals surface area contributed by atoms with Crippen LogP contribution >= 0.6 is 0 Å². The Bertz CT molecular complexity index is 268. The highest BCUT2D eigenvalue weighted by Gasteiger charge is 2.29. The van der Waals surface area contributed by atoms with Gasteiger partial charge in [0.2, 0.25) is 11.8 Å². The van der Waals surface area contributed by atoms with Crippen molar-refractivity contribution in [3.8, 4) is 0 Å². The van der Waals surface area contributed by atoms with E-state index in [4.69, 9.17) is 5.73 Å². The van der Waals surface area contributed by atoms with Crippen molar-refractivity contribution in [2.75, 3.05) is 0 Å². The van der Waals surface area contributed by atoms with Crippen molar-refractivity contribution >= 4 is 11.8 Å². The van der Waals surface area contributed by atoms with Crippen molar-refractivity contribution in [1.29, 1.82) is 0 Å². The third-order valence-corrected chi connectivity index (χ3v) is 3.08. The van der Waals surface area contributed by atoms with Crippen molar-refractivity contribution in [2.24, 2.45) is 11.1 Å². The minimum absolute atomic E-state index is 0.185. The van der Waals surface area contributed by atoms with Crippen LogP contribution in [0.15, 0.2) is 0 Å². The number of carbonyl (C=O) groups is 2. The van der Waals surface area contributed by atoms with Gasteiger partial charge in [0, 0.05) is 6.04 Å². The fourth-order valence-electron chi connectivity index (χ4n) is 1.89. The molecule has 0 aromatic rings. The molecule has 1 aliphatic rings. The Kier molecular flexibility index (Phi) is 4.33. The van der Waals surface area contributed by atoms with Crippen LogP contribution in [0.25, 0.3) is 0 Å². The summed E-state index contributed by atoms with van der Waals surface area (Å²) in [6, 6.07) is 0.265. The van der Waals surface area contributed by atoms with Crippen LogP contribution in [-0.2, 0) is 9.59 Å². The second-order valence-electron chi connectivity index (χ2n) is 5.07.